The van der Waals surface area contributed by atoms with Crippen molar-refractivity contribution < 1.29 is 19.1 Å². The predicted octanol–water partition coefficient (Wildman–Crippen LogP) is 4.14. The number of hydrogen-bond acceptors (Lipinski definition) is 4. The van der Waals surface area contributed by atoms with Gasteiger partial charge in [0, 0.05) is 24.2 Å². The molecule has 4 nitrogen and oxygen atoms in total. The summed E-state index contributed by atoms with van der Waals surface area (Å²) in [6.07, 6.45) is 6.97. The largest absolute Gasteiger partial charge is 0.454 e. The normalized spacial score (nSPS) is 49.5. The van der Waals surface area contributed by atoms with Gasteiger partial charge in [-0.1, -0.05) is 30.7 Å². The zero-order chi connectivity index (χ0) is 18.9. The maximum absolute atomic E-state index is 13.3. The first-order chi connectivity index (χ1) is 12.1. The highest BCUT2D eigenvalue weighted by Crippen LogP contribution is 2.72. The van der Waals surface area contributed by atoms with E-state index in [9.17, 15) is 9.59 Å². The minimum atomic E-state index is -0.682. The third-order valence-electron chi connectivity index (χ3n) is 7.67. The lowest BCUT2D eigenvalue weighted by Crippen LogP contribution is -2.55. The van der Waals surface area contributed by atoms with Crippen LogP contribution in [0.25, 0.3) is 0 Å². The molecule has 6 atom stereocenters. The van der Waals surface area contributed by atoms with E-state index in [-0.39, 0.29) is 34.8 Å². The molecule has 0 amide bonds. The van der Waals surface area contributed by atoms with Crippen molar-refractivity contribution in [1.29, 1.82) is 0 Å². The number of ether oxygens (including phenoxy) is 2. The lowest BCUT2D eigenvalue weighted by Gasteiger charge is -2.47. The van der Waals surface area contributed by atoms with Gasteiger partial charge in [-0.15, -0.1) is 0 Å². The van der Waals surface area contributed by atoms with E-state index in [4.69, 9.17) is 9.47 Å². The van der Waals surface area contributed by atoms with Crippen molar-refractivity contribution in [1.82, 2.24) is 0 Å². The number of epoxide rings is 1. The van der Waals surface area contributed by atoms with Crippen LogP contribution >= 0.6 is 0 Å². The van der Waals surface area contributed by atoms with Crippen LogP contribution in [-0.4, -0.2) is 29.1 Å². The molecule has 0 unspecified atom stereocenters. The number of allylic oxidation sites excluding steroid dienone is 2. The maximum atomic E-state index is 13.3. The lowest BCUT2D eigenvalue weighted by atomic mass is 9.57. The van der Waals surface area contributed by atoms with Crippen molar-refractivity contribution in [2.24, 2.45) is 17.3 Å². The molecule has 0 aromatic carbocycles. The minimum absolute atomic E-state index is 0.0374. The number of Topliss-reactive ketones (excluding diaryl/α,β-unsaturated/α-hetero) is 1. The van der Waals surface area contributed by atoms with Crippen molar-refractivity contribution in [3.63, 3.8) is 0 Å². The number of esters is 1. The fourth-order valence-electron chi connectivity index (χ4n) is 6.25. The first-order valence-electron chi connectivity index (χ1n) is 9.90. The van der Waals surface area contributed by atoms with Gasteiger partial charge in [0.2, 0.25) is 0 Å². The smallest absolute Gasteiger partial charge is 0.303 e. The first-order valence-corrected chi connectivity index (χ1v) is 9.90. The molecule has 1 aliphatic heterocycles. The second kappa shape index (κ2) is 5.54. The van der Waals surface area contributed by atoms with Gasteiger partial charge >= 0.3 is 5.97 Å². The molecule has 142 valence electrons. The van der Waals surface area contributed by atoms with Crippen LogP contribution < -0.4 is 0 Å². The van der Waals surface area contributed by atoms with Gasteiger partial charge in [0.05, 0.1) is 5.60 Å². The third-order valence-corrected chi connectivity index (χ3v) is 7.67. The molecule has 0 aromatic rings. The minimum Gasteiger partial charge on any atom is -0.454 e. The van der Waals surface area contributed by atoms with Gasteiger partial charge in [-0.2, -0.15) is 0 Å². The average molecular weight is 358 g/mol. The zero-order valence-corrected chi connectivity index (χ0v) is 16.4. The molecule has 4 aliphatic rings. The second-order valence-corrected chi connectivity index (χ2v) is 9.31. The Bertz CT molecular complexity index is 722. The van der Waals surface area contributed by atoms with Crippen molar-refractivity contribution in [2.45, 2.75) is 83.5 Å². The van der Waals surface area contributed by atoms with Crippen molar-refractivity contribution in [2.75, 3.05) is 0 Å². The standard InChI is InChI=1S/C22H30O4/c1-13-7-6-10-21(5)22(26-21)12-11-20(4)18(22)14(2)16(9-8-13)17(24)19(20)25-15(3)23/h7,16,18-19H,2,6,8-12H2,1,3-5H3/b13-7-/t16-,18-,19-,20-,21+,22-/m0/s1. The summed E-state index contributed by atoms with van der Waals surface area (Å²) in [6, 6.07) is 0. The molecule has 1 heterocycles. The molecular formula is C22H30O4. The van der Waals surface area contributed by atoms with Crippen LogP contribution in [-0.2, 0) is 19.1 Å². The summed E-state index contributed by atoms with van der Waals surface area (Å²) in [4.78, 5) is 25.1. The van der Waals surface area contributed by atoms with E-state index >= 15 is 0 Å². The zero-order valence-electron chi connectivity index (χ0n) is 16.4. The number of ketones is 1. The number of carbonyl (C=O) groups excluding carboxylic acids is 2. The van der Waals surface area contributed by atoms with Crippen molar-refractivity contribution in [3.8, 4) is 0 Å². The van der Waals surface area contributed by atoms with E-state index in [1.807, 2.05) is 0 Å². The number of carbonyl (C=O) groups is 2. The summed E-state index contributed by atoms with van der Waals surface area (Å²) in [5, 5.41) is 0. The highest BCUT2D eigenvalue weighted by Gasteiger charge is 2.79. The maximum Gasteiger partial charge on any atom is 0.303 e. The van der Waals surface area contributed by atoms with Gasteiger partial charge in [0.25, 0.3) is 0 Å². The Morgan fingerprint density at radius 3 is 2.73 bits per heavy atom. The van der Waals surface area contributed by atoms with Crippen molar-refractivity contribution >= 4 is 11.8 Å². The van der Waals surface area contributed by atoms with Crippen LogP contribution in [0.5, 0.6) is 0 Å². The molecular weight excluding hydrogens is 328 g/mol. The first kappa shape index (κ1) is 18.0. The van der Waals surface area contributed by atoms with Crippen LogP contribution in [0.15, 0.2) is 23.8 Å². The summed E-state index contributed by atoms with van der Waals surface area (Å²) in [6.45, 7) is 12.3. The van der Waals surface area contributed by atoms with Gasteiger partial charge in [-0.3, -0.25) is 9.59 Å². The van der Waals surface area contributed by atoms with Crippen molar-refractivity contribution in [3.05, 3.63) is 23.8 Å². The molecule has 26 heavy (non-hydrogen) atoms. The van der Waals surface area contributed by atoms with E-state index in [2.05, 4.69) is 33.4 Å². The van der Waals surface area contributed by atoms with Gasteiger partial charge in [-0.25, -0.2) is 0 Å². The Hall–Kier alpha value is -1.42. The summed E-state index contributed by atoms with van der Waals surface area (Å²) in [5.41, 5.74) is 1.49. The van der Waals surface area contributed by atoms with Gasteiger partial charge < -0.3 is 9.47 Å². The Kier molecular flexibility index (Phi) is 3.83. The fraction of sp³-hybridized carbons (Fsp3) is 0.727. The van der Waals surface area contributed by atoms with Crippen LogP contribution in [0, 0.1) is 17.3 Å². The molecule has 0 radical (unpaired) electrons. The van der Waals surface area contributed by atoms with E-state index in [0.29, 0.717) is 0 Å². The Balaban J connectivity index is 1.82. The molecule has 3 aliphatic carbocycles. The topological polar surface area (TPSA) is 55.9 Å². The second-order valence-electron chi connectivity index (χ2n) is 9.31. The average Bonchev–Trinajstić information content (AvgIpc) is 3.00. The monoisotopic (exact) mass is 358 g/mol. The molecule has 0 aromatic heterocycles. The molecule has 1 spiro atoms. The van der Waals surface area contributed by atoms with Gasteiger partial charge in [0.15, 0.2) is 11.9 Å². The molecule has 4 heteroatoms. The molecule has 3 fully saturated rings. The summed E-state index contributed by atoms with van der Waals surface area (Å²) in [7, 11) is 0. The Morgan fingerprint density at radius 2 is 2.04 bits per heavy atom. The van der Waals surface area contributed by atoms with Gasteiger partial charge in [0.1, 0.15) is 5.60 Å². The van der Waals surface area contributed by atoms with E-state index in [0.717, 1.165) is 44.1 Å². The van der Waals surface area contributed by atoms with E-state index in [1.54, 1.807) is 0 Å². The number of hydrogen-bond donors (Lipinski definition) is 0. The van der Waals surface area contributed by atoms with E-state index < -0.39 is 11.5 Å². The summed E-state index contributed by atoms with van der Waals surface area (Å²) in [5.74, 6) is -0.515. The fourth-order valence-corrected chi connectivity index (χ4v) is 6.25. The summed E-state index contributed by atoms with van der Waals surface area (Å²) >= 11 is 0. The van der Waals surface area contributed by atoms with Gasteiger partial charge in [-0.05, 0) is 52.4 Å². The third kappa shape index (κ3) is 2.24. The molecule has 2 saturated carbocycles. The molecule has 2 bridgehead atoms. The van der Waals surface area contributed by atoms with Crippen LogP contribution in [0.2, 0.25) is 0 Å². The van der Waals surface area contributed by atoms with Crippen LogP contribution in [0.3, 0.4) is 0 Å². The van der Waals surface area contributed by atoms with Crippen LogP contribution in [0.1, 0.15) is 66.2 Å². The highest BCUT2D eigenvalue weighted by molar-refractivity contribution is 5.92. The van der Waals surface area contributed by atoms with E-state index in [1.165, 1.54) is 12.5 Å². The highest BCUT2D eigenvalue weighted by atomic mass is 16.6. The Labute approximate surface area is 156 Å². The number of rotatable bonds is 1. The SMILES string of the molecule is C=C1[C@@H]2CC/C(C)=C\CC[C@@]3(C)O[C@]34CC[C@](C)([C@@H](OC(C)=O)C2=O)[C@H]14. The quantitative estimate of drug-likeness (QED) is 0.402. The lowest BCUT2D eigenvalue weighted by molar-refractivity contribution is -0.167. The molecule has 1 saturated heterocycles. The molecule has 4 rings (SSSR count). The molecule has 0 N–H and O–H groups in total. The Morgan fingerprint density at radius 1 is 1.31 bits per heavy atom. The predicted molar refractivity (Wildman–Crippen MR) is 98.5 cm³/mol. The summed E-state index contributed by atoms with van der Waals surface area (Å²) < 4.78 is 12.1. The number of fused-ring (bicyclic) bond motifs is 1. The van der Waals surface area contributed by atoms with Crippen LogP contribution in [0.4, 0.5) is 0 Å².